The first-order valence-corrected chi connectivity index (χ1v) is 8.82. The van der Waals surface area contributed by atoms with Crippen LogP contribution < -0.4 is 16.0 Å². The molecule has 1 aromatic heterocycles. The maximum Gasteiger partial charge on any atom is 0.239 e. The molecule has 0 atom stereocenters. The standard InChI is InChI=1S/C17H32N4O2/c1-3-4-5-6-7-8-9-10-11-12-13-19-15-14-16(23-2)20-17(18)21(15)22/h14,22H,3-13H2,1-2H3,(H2,18,20). The van der Waals surface area contributed by atoms with Gasteiger partial charge in [0.25, 0.3) is 0 Å². The molecule has 3 N–H and O–H groups in total. The summed E-state index contributed by atoms with van der Waals surface area (Å²) in [6, 6.07) is 1.58. The van der Waals surface area contributed by atoms with Crippen LogP contribution in [-0.2, 0) is 0 Å². The molecule has 0 aromatic carbocycles. The van der Waals surface area contributed by atoms with Crippen LogP contribution in [0.1, 0.15) is 71.1 Å². The second-order valence-electron chi connectivity index (χ2n) is 5.89. The van der Waals surface area contributed by atoms with E-state index in [9.17, 15) is 5.21 Å². The fraction of sp³-hybridized carbons (Fsp3) is 0.765. The van der Waals surface area contributed by atoms with Gasteiger partial charge in [0.2, 0.25) is 11.8 Å². The van der Waals surface area contributed by atoms with Gasteiger partial charge in [-0.05, 0) is 6.42 Å². The van der Waals surface area contributed by atoms with Gasteiger partial charge in [-0.1, -0.05) is 64.7 Å². The highest BCUT2D eigenvalue weighted by Gasteiger charge is 2.02. The third-order valence-corrected chi connectivity index (χ3v) is 3.91. The van der Waals surface area contributed by atoms with Crippen molar-refractivity contribution in [2.45, 2.75) is 71.1 Å². The van der Waals surface area contributed by atoms with Gasteiger partial charge < -0.3 is 15.7 Å². The van der Waals surface area contributed by atoms with E-state index in [1.807, 2.05) is 0 Å². The van der Waals surface area contributed by atoms with Crippen molar-refractivity contribution < 1.29 is 9.94 Å². The molecule has 0 unspecified atom stereocenters. The molecular formula is C17H32N4O2. The molecular weight excluding hydrogens is 292 g/mol. The molecule has 6 heteroatoms. The minimum Gasteiger partial charge on any atom is -0.481 e. The van der Waals surface area contributed by atoms with E-state index in [1.54, 1.807) is 6.07 Å². The van der Waals surface area contributed by atoms with Gasteiger partial charge in [0, 0.05) is 12.6 Å². The lowest BCUT2D eigenvalue weighted by Crippen LogP contribution is -2.23. The first-order chi connectivity index (χ1) is 11.2. The summed E-state index contributed by atoms with van der Waals surface area (Å²) in [6.45, 7) is 2.92. The summed E-state index contributed by atoms with van der Waals surface area (Å²) >= 11 is 0. The van der Waals surface area contributed by atoms with E-state index in [2.05, 4.69) is 16.9 Å². The molecule has 0 saturated heterocycles. The number of nitrogens with two attached hydrogens (primary N) is 1. The number of hydrogen-bond donors (Lipinski definition) is 2. The lowest BCUT2D eigenvalue weighted by molar-refractivity contribution is 0.173. The van der Waals surface area contributed by atoms with Crippen LogP contribution in [0.25, 0.3) is 0 Å². The largest absolute Gasteiger partial charge is 0.481 e. The van der Waals surface area contributed by atoms with Gasteiger partial charge in [0.05, 0.1) is 7.11 Å². The first-order valence-electron chi connectivity index (χ1n) is 8.82. The third-order valence-electron chi connectivity index (χ3n) is 3.91. The summed E-state index contributed by atoms with van der Waals surface area (Å²) < 4.78 is 5.81. The molecule has 0 bridgehead atoms. The summed E-state index contributed by atoms with van der Waals surface area (Å²) in [7, 11) is 1.51. The SMILES string of the molecule is CCCCCCCCCCCCN=c1cc(OC)nc(N)n1O. The van der Waals surface area contributed by atoms with E-state index in [4.69, 9.17) is 10.5 Å². The number of ether oxygens (including phenoxy) is 1. The van der Waals surface area contributed by atoms with Crippen molar-refractivity contribution in [2.24, 2.45) is 4.99 Å². The average Bonchev–Trinajstić information content (AvgIpc) is 2.56. The second-order valence-corrected chi connectivity index (χ2v) is 5.89. The Morgan fingerprint density at radius 3 is 2.22 bits per heavy atom. The topological polar surface area (TPSA) is 85.7 Å². The number of unbranched alkanes of at least 4 members (excludes halogenated alkanes) is 9. The Kier molecular flexibility index (Phi) is 9.91. The number of rotatable bonds is 12. The lowest BCUT2D eigenvalue weighted by atomic mass is 10.1. The number of nitrogen functional groups attached to an aromatic ring is 1. The van der Waals surface area contributed by atoms with Crippen molar-refractivity contribution in [3.05, 3.63) is 11.6 Å². The summed E-state index contributed by atoms with van der Waals surface area (Å²) in [5.74, 6) is 0.334. The maximum absolute atomic E-state index is 9.76. The molecule has 0 spiro atoms. The molecule has 0 amide bonds. The van der Waals surface area contributed by atoms with Gasteiger partial charge in [-0.25, -0.2) is 0 Å². The van der Waals surface area contributed by atoms with Crippen molar-refractivity contribution in [3.63, 3.8) is 0 Å². The van der Waals surface area contributed by atoms with Gasteiger partial charge in [-0.15, -0.1) is 4.73 Å². The Labute approximate surface area is 139 Å². The minimum absolute atomic E-state index is 0.0221. The Balaban J connectivity index is 2.18. The number of aromatic nitrogens is 2. The zero-order valence-corrected chi connectivity index (χ0v) is 14.6. The summed E-state index contributed by atoms with van der Waals surface area (Å²) in [4.78, 5) is 8.22. The molecule has 1 rings (SSSR count). The summed E-state index contributed by atoms with van der Waals surface area (Å²) in [5, 5.41) is 9.76. The average molecular weight is 324 g/mol. The highest BCUT2D eigenvalue weighted by Crippen LogP contribution is 2.10. The van der Waals surface area contributed by atoms with Gasteiger partial charge >= 0.3 is 0 Å². The first kappa shape index (κ1) is 19.3. The highest BCUT2D eigenvalue weighted by atomic mass is 16.5. The fourth-order valence-electron chi connectivity index (χ4n) is 2.49. The lowest BCUT2D eigenvalue weighted by Gasteiger charge is -2.05. The van der Waals surface area contributed by atoms with Gasteiger partial charge in [-0.2, -0.15) is 4.98 Å². The Morgan fingerprint density at radius 1 is 1.09 bits per heavy atom. The highest BCUT2D eigenvalue weighted by molar-refractivity contribution is 5.21. The predicted octanol–water partition coefficient (Wildman–Crippen LogP) is 3.53. The molecule has 132 valence electrons. The Hall–Kier alpha value is -1.72. The third kappa shape index (κ3) is 7.90. The van der Waals surface area contributed by atoms with Crippen LogP contribution in [0.15, 0.2) is 11.1 Å². The van der Waals surface area contributed by atoms with Crippen LogP contribution in [0.5, 0.6) is 5.88 Å². The van der Waals surface area contributed by atoms with Crippen molar-refractivity contribution in [1.29, 1.82) is 0 Å². The normalized spacial score (nSPS) is 11.8. The van der Waals surface area contributed by atoms with Crippen LogP contribution in [0, 0.1) is 0 Å². The molecule has 0 aliphatic heterocycles. The monoisotopic (exact) mass is 324 g/mol. The molecule has 6 nitrogen and oxygen atoms in total. The number of hydrogen-bond acceptors (Lipinski definition) is 5. The second kappa shape index (κ2) is 11.8. The number of anilines is 1. The quantitative estimate of drug-likeness (QED) is 0.455. The molecule has 0 fully saturated rings. The maximum atomic E-state index is 9.76. The van der Waals surface area contributed by atoms with E-state index in [0.29, 0.717) is 17.9 Å². The molecule has 0 aliphatic rings. The van der Waals surface area contributed by atoms with Gasteiger partial charge in [-0.3, -0.25) is 4.99 Å². The van der Waals surface area contributed by atoms with E-state index in [0.717, 1.165) is 11.2 Å². The van der Waals surface area contributed by atoms with Crippen LogP contribution in [-0.4, -0.2) is 28.6 Å². The summed E-state index contributed by atoms with van der Waals surface area (Å²) in [5.41, 5.74) is 5.97. The van der Waals surface area contributed by atoms with Crippen molar-refractivity contribution >= 4 is 5.95 Å². The van der Waals surface area contributed by atoms with E-state index in [-0.39, 0.29) is 5.95 Å². The zero-order chi connectivity index (χ0) is 16.9. The van der Waals surface area contributed by atoms with Crippen LogP contribution in [0.2, 0.25) is 0 Å². The summed E-state index contributed by atoms with van der Waals surface area (Å²) in [6.07, 6.45) is 12.9. The Bertz CT molecular complexity index is 500. The minimum atomic E-state index is -0.0221. The van der Waals surface area contributed by atoms with Crippen molar-refractivity contribution in [1.82, 2.24) is 9.71 Å². The van der Waals surface area contributed by atoms with Crippen LogP contribution >= 0.6 is 0 Å². The van der Waals surface area contributed by atoms with Crippen molar-refractivity contribution in [3.8, 4) is 5.88 Å². The number of nitrogens with zero attached hydrogens (tertiary/aromatic N) is 3. The van der Waals surface area contributed by atoms with Crippen LogP contribution in [0.3, 0.4) is 0 Å². The zero-order valence-electron chi connectivity index (χ0n) is 14.6. The predicted molar refractivity (Wildman–Crippen MR) is 92.6 cm³/mol. The van der Waals surface area contributed by atoms with Crippen LogP contribution in [0.4, 0.5) is 5.95 Å². The molecule has 23 heavy (non-hydrogen) atoms. The Morgan fingerprint density at radius 2 is 1.65 bits per heavy atom. The van der Waals surface area contributed by atoms with Crippen molar-refractivity contribution in [2.75, 3.05) is 19.4 Å². The van der Waals surface area contributed by atoms with Gasteiger partial charge in [0.1, 0.15) is 0 Å². The molecule has 0 saturated carbocycles. The van der Waals surface area contributed by atoms with E-state index in [1.165, 1.54) is 64.9 Å². The molecule has 0 radical (unpaired) electrons. The van der Waals surface area contributed by atoms with E-state index >= 15 is 0 Å². The molecule has 1 heterocycles. The fourth-order valence-corrected chi connectivity index (χ4v) is 2.49. The smallest absolute Gasteiger partial charge is 0.239 e. The van der Waals surface area contributed by atoms with Gasteiger partial charge in [0.15, 0.2) is 5.49 Å². The van der Waals surface area contributed by atoms with E-state index < -0.39 is 0 Å². The number of methoxy groups -OCH3 is 1. The molecule has 0 aliphatic carbocycles. The molecule has 1 aromatic rings.